The number of ether oxygens (including phenoxy) is 6. The third-order valence-corrected chi connectivity index (χ3v) is 16.2. The average Bonchev–Trinajstić information content (AvgIpc) is 3.20. The van der Waals surface area contributed by atoms with Crippen molar-refractivity contribution in [2.45, 2.75) is 170 Å². The highest BCUT2D eigenvalue weighted by Crippen LogP contribution is 2.62. The molecule has 13 rings (SSSR count). The van der Waals surface area contributed by atoms with Crippen molar-refractivity contribution in [3.8, 4) is 5.75 Å². The van der Waals surface area contributed by atoms with Crippen molar-refractivity contribution < 1.29 is 67.4 Å². The standard InChI is InChI=1S/C23H26O7.C16H21ClO4.C14H20O3/c1-14(2)20(26)30-23-10-15-6-16(11-23)9-22(8-15,13-23)29-19(25)12-28-21(27)17-4-3-5-18(24)7-17;1-10(2)14(19)21-16-6-11-3-12(7-16)5-15(4-11,9-16)20-13(18)8-17;1-9(2)12(15)17-14-6-10-3-11(7-14)5-13(16,4-10)8-14/h3-5,7,15-16,24H,1,6,8-13H2,2H3;11-12H,1,3-9H2,2H3;10-11,16H,1,3-8H2,2H3. The van der Waals surface area contributed by atoms with Crippen molar-refractivity contribution in [3.05, 3.63) is 66.3 Å². The van der Waals surface area contributed by atoms with E-state index in [-0.39, 0.29) is 35.1 Å². The summed E-state index contributed by atoms with van der Waals surface area (Å²) in [4.78, 5) is 72.1. The van der Waals surface area contributed by atoms with E-state index in [0.29, 0.717) is 71.5 Å². The lowest BCUT2D eigenvalue weighted by Crippen LogP contribution is -2.62. The summed E-state index contributed by atoms with van der Waals surface area (Å²) in [5, 5.41) is 20.0. The fourth-order valence-electron chi connectivity index (χ4n) is 15.2. The number of rotatable bonds is 12. The summed E-state index contributed by atoms with van der Waals surface area (Å²) in [7, 11) is 0. The van der Waals surface area contributed by atoms with Gasteiger partial charge in [0, 0.05) is 36.0 Å². The molecule has 6 unspecified atom stereocenters. The smallest absolute Gasteiger partial charge is 0.344 e. The van der Waals surface area contributed by atoms with E-state index >= 15 is 0 Å². The summed E-state index contributed by atoms with van der Waals surface area (Å²) < 4.78 is 33.9. The van der Waals surface area contributed by atoms with Gasteiger partial charge in [-0.1, -0.05) is 25.8 Å². The first kappa shape index (κ1) is 49.7. The molecule has 1 aromatic carbocycles. The van der Waals surface area contributed by atoms with Gasteiger partial charge in [0.25, 0.3) is 0 Å². The number of hydrogen-bond donors (Lipinski definition) is 2. The normalized spacial score (nSPS) is 37.8. The Morgan fingerprint density at radius 3 is 1.26 bits per heavy atom. The molecule has 12 fully saturated rings. The molecule has 0 amide bonds. The number of phenols is 1. The number of aliphatic hydroxyl groups is 1. The van der Waals surface area contributed by atoms with Gasteiger partial charge < -0.3 is 38.6 Å². The van der Waals surface area contributed by atoms with Gasteiger partial charge in [-0.3, -0.25) is 4.79 Å². The van der Waals surface area contributed by atoms with Crippen LogP contribution in [0.2, 0.25) is 0 Å². The number of benzene rings is 1. The van der Waals surface area contributed by atoms with Crippen LogP contribution in [0.3, 0.4) is 0 Å². The van der Waals surface area contributed by atoms with Crippen LogP contribution in [-0.4, -0.2) is 92.1 Å². The van der Waals surface area contributed by atoms with Gasteiger partial charge in [-0.2, -0.15) is 0 Å². The zero-order valence-corrected chi connectivity index (χ0v) is 40.5. The Morgan fingerprint density at radius 2 is 0.912 bits per heavy atom. The van der Waals surface area contributed by atoms with E-state index in [4.69, 9.17) is 40.0 Å². The third-order valence-electron chi connectivity index (χ3n) is 16.0. The Hall–Kier alpha value is -4.69. The van der Waals surface area contributed by atoms with Crippen LogP contribution in [0.15, 0.2) is 60.7 Å². The van der Waals surface area contributed by atoms with Crippen molar-refractivity contribution in [2.24, 2.45) is 35.5 Å². The second kappa shape index (κ2) is 18.6. The zero-order chi connectivity index (χ0) is 49.0. The van der Waals surface area contributed by atoms with Gasteiger partial charge in [0.05, 0.1) is 11.2 Å². The number of carbonyl (C=O) groups is 6. The number of esters is 6. The number of phenolic OH excluding ortho intramolecular Hbond substituents is 1. The lowest BCUT2D eigenvalue weighted by atomic mass is 9.52. The van der Waals surface area contributed by atoms with Gasteiger partial charge in [-0.05, 0) is 171 Å². The quantitative estimate of drug-likeness (QED) is 0.0875. The van der Waals surface area contributed by atoms with Crippen LogP contribution < -0.4 is 0 Å². The molecular formula is C53H67ClO14. The molecule has 0 saturated heterocycles. The van der Waals surface area contributed by atoms with Crippen molar-refractivity contribution in [1.82, 2.24) is 0 Å². The molecule has 14 nitrogen and oxygen atoms in total. The molecule has 0 heterocycles. The van der Waals surface area contributed by atoms with Crippen molar-refractivity contribution in [1.29, 1.82) is 0 Å². The van der Waals surface area contributed by atoms with Crippen LogP contribution in [-0.2, 0) is 52.4 Å². The minimum atomic E-state index is -0.708. The van der Waals surface area contributed by atoms with Crippen LogP contribution in [0.4, 0.5) is 0 Å². The minimum Gasteiger partial charge on any atom is -0.508 e. The first-order valence-corrected chi connectivity index (χ1v) is 24.8. The van der Waals surface area contributed by atoms with Gasteiger partial charge in [0.1, 0.15) is 39.6 Å². The van der Waals surface area contributed by atoms with Gasteiger partial charge in [-0.25, -0.2) is 24.0 Å². The lowest BCUT2D eigenvalue weighted by Gasteiger charge is -2.60. The predicted molar refractivity (Wildman–Crippen MR) is 247 cm³/mol. The number of hydrogen-bond acceptors (Lipinski definition) is 14. The second-order valence-corrected chi connectivity index (χ2v) is 23.0. The topological polar surface area (TPSA) is 198 Å². The summed E-state index contributed by atoms with van der Waals surface area (Å²) in [5.41, 5.74) is -1.84. The predicted octanol–water partition coefficient (Wildman–Crippen LogP) is 8.47. The monoisotopic (exact) mass is 962 g/mol. The molecule has 0 aliphatic heterocycles. The highest BCUT2D eigenvalue weighted by atomic mass is 35.5. The molecule has 12 aliphatic carbocycles. The van der Waals surface area contributed by atoms with E-state index < -0.39 is 58.1 Å². The highest BCUT2D eigenvalue weighted by molar-refractivity contribution is 6.26. The van der Waals surface area contributed by atoms with Gasteiger partial charge in [0.15, 0.2) is 6.61 Å². The van der Waals surface area contributed by atoms with E-state index in [1.165, 1.54) is 30.7 Å². The number of aromatic hydroxyl groups is 1. The SMILES string of the molecule is C=C(C)C(=O)OC12CC3CC(CC(O)(C3)C1)C2.C=C(C)C(=O)OC12CC3CC(CC(OC(=O)CCl)(C3)C1)C2.C=C(C)C(=O)OC12CC3CC(CC(OC(=O)COC(=O)c4cccc(O)c4)(C3)C1)C2. The Morgan fingerprint density at radius 1 is 0.559 bits per heavy atom. The molecule has 12 saturated carbocycles. The van der Waals surface area contributed by atoms with Crippen molar-refractivity contribution in [2.75, 3.05) is 12.5 Å². The fraction of sp³-hybridized carbons (Fsp3) is 0.660. The number of carbonyl (C=O) groups excluding carboxylic acids is 6. The van der Waals surface area contributed by atoms with E-state index in [0.717, 1.165) is 89.9 Å². The minimum absolute atomic E-state index is 0.0600. The molecule has 0 spiro atoms. The largest absolute Gasteiger partial charge is 0.508 e. The van der Waals surface area contributed by atoms with Crippen LogP contribution in [0.1, 0.15) is 147 Å². The second-order valence-electron chi connectivity index (χ2n) is 22.7. The van der Waals surface area contributed by atoms with E-state index in [1.807, 2.05) is 0 Å². The molecule has 1 aromatic rings. The van der Waals surface area contributed by atoms with Crippen LogP contribution >= 0.6 is 11.6 Å². The molecule has 370 valence electrons. The summed E-state index contributed by atoms with van der Waals surface area (Å²) in [6, 6.07) is 5.72. The van der Waals surface area contributed by atoms with Crippen molar-refractivity contribution in [3.63, 3.8) is 0 Å². The maximum Gasteiger partial charge on any atom is 0.344 e. The van der Waals surface area contributed by atoms with Crippen LogP contribution in [0, 0.1) is 35.5 Å². The Labute approximate surface area is 403 Å². The molecule has 12 bridgehead atoms. The Bertz CT molecular complexity index is 2220. The van der Waals surface area contributed by atoms with Gasteiger partial charge in [-0.15, -0.1) is 11.6 Å². The highest BCUT2D eigenvalue weighted by Gasteiger charge is 2.63. The third kappa shape index (κ3) is 10.9. The molecule has 2 N–H and O–H groups in total. The summed E-state index contributed by atoms with van der Waals surface area (Å²) in [6.45, 7) is 15.4. The molecule has 6 atom stereocenters. The summed E-state index contributed by atoms with van der Waals surface area (Å²) in [5.74, 6) is -0.237. The number of halogens is 1. The molecule has 12 aliphatic rings. The maximum absolute atomic E-state index is 12.5. The molecule has 15 heteroatoms. The zero-order valence-electron chi connectivity index (χ0n) is 39.7. The van der Waals surface area contributed by atoms with E-state index in [1.54, 1.807) is 20.8 Å². The lowest BCUT2D eigenvalue weighted by molar-refractivity contribution is -0.231. The molecule has 68 heavy (non-hydrogen) atoms. The van der Waals surface area contributed by atoms with Crippen LogP contribution in [0.5, 0.6) is 5.75 Å². The summed E-state index contributed by atoms with van der Waals surface area (Å²) >= 11 is 5.58. The number of alkyl halides is 1. The Balaban J connectivity index is 0.000000144. The molecule has 0 radical (unpaired) electrons. The first-order valence-electron chi connectivity index (χ1n) is 24.3. The van der Waals surface area contributed by atoms with E-state index in [2.05, 4.69) is 19.7 Å². The van der Waals surface area contributed by atoms with Crippen molar-refractivity contribution >= 4 is 47.4 Å². The first-order chi connectivity index (χ1) is 31.9. The maximum atomic E-state index is 12.5. The molecular weight excluding hydrogens is 896 g/mol. The molecule has 0 aromatic heterocycles. The Kier molecular flexibility index (Phi) is 13.6. The van der Waals surface area contributed by atoms with Gasteiger partial charge >= 0.3 is 35.8 Å². The fourth-order valence-corrected chi connectivity index (χ4v) is 15.2. The van der Waals surface area contributed by atoms with E-state index in [9.17, 15) is 39.0 Å². The van der Waals surface area contributed by atoms with Crippen LogP contribution in [0.25, 0.3) is 0 Å². The average molecular weight is 964 g/mol. The summed E-state index contributed by atoms with van der Waals surface area (Å²) in [6.07, 6.45) is 15.3. The van der Waals surface area contributed by atoms with Gasteiger partial charge in [0.2, 0.25) is 0 Å².